The van der Waals surface area contributed by atoms with Crippen LogP contribution in [0.15, 0.2) is 28.5 Å². The molecular weight excluding hydrogens is 262 g/mol. The molecule has 0 saturated carbocycles. The minimum atomic E-state index is 0.341. The third-order valence-corrected chi connectivity index (χ3v) is 2.91. The van der Waals surface area contributed by atoms with Crippen molar-refractivity contribution < 1.29 is 0 Å². The van der Waals surface area contributed by atoms with E-state index in [9.17, 15) is 0 Å². The van der Waals surface area contributed by atoms with Gasteiger partial charge in [-0.15, -0.1) is 0 Å². The Morgan fingerprint density at radius 2 is 1.95 bits per heavy atom. The van der Waals surface area contributed by atoms with Crippen molar-refractivity contribution in [3.63, 3.8) is 0 Å². The number of hydrogen-bond acceptors (Lipinski definition) is 8. The standard InChI is InChI=1S/C11H15N7S/c1-2-4-14-10-15-5-3-9(18-10)19-11-16-7(12)6-8(13)17-11/h3,5-6H,2,4H2,1H3,(H,14,15,18)(H4,12,13,16,17). The van der Waals surface area contributed by atoms with Gasteiger partial charge in [0.2, 0.25) is 5.95 Å². The lowest BCUT2D eigenvalue weighted by molar-refractivity contribution is 0.930. The van der Waals surface area contributed by atoms with Crippen LogP contribution >= 0.6 is 11.8 Å². The molecule has 0 atom stereocenters. The summed E-state index contributed by atoms with van der Waals surface area (Å²) in [6.07, 6.45) is 2.69. The van der Waals surface area contributed by atoms with E-state index >= 15 is 0 Å². The first-order valence-corrected chi connectivity index (χ1v) is 6.64. The van der Waals surface area contributed by atoms with Gasteiger partial charge in [0.15, 0.2) is 5.16 Å². The number of anilines is 3. The lowest BCUT2D eigenvalue weighted by Gasteiger charge is -2.05. The van der Waals surface area contributed by atoms with Crippen LogP contribution in [0.4, 0.5) is 17.6 Å². The smallest absolute Gasteiger partial charge is 0.223 e. The highest BCUT2D eigenvalue weighted by Crippen LogP contribution is 2.24. The summed E-state index contributed by atoms with van der Waals surface area (Å²) in [7, 11) is 0. The second kappa shape index (κ2) is 6.19. The zero-order valence-corrected chi connectivity index (χ0v) is 11.3. The lowest BCUT2D eigenvalue weighted by Crippen LogP contribution is -2.04. The maximum Gasteiger partial charge on any atom is 0.223 e. The summed E-state index contributed by atoms with van der Waals surface area (Å²) in [5.41, 5.74) is 11.2. The molecule has 2 aromatic rings. The molecule has 0 unspecified atom stereocenters. The van der Waals surface area contributed by atoms with Crippen molar-refractivity contribution in [2.75, 3.05) is 23.3 Å². The van der Waals surface area contributed by atoms with E-state index < -0.39 is 0 Å². The van der Waals surface area contributed by atoms with E-state index in [-0.39, 0.29) is 0 Å². The first kappa shape index (κ1) is 13.3. The SMILES string of the molecule is CCCNc1nccc(Sc2nc(N)cc(N)n2)n1. The fourth-order valence-electron chi connectivity index (χ4n) is 1.32. The molecule has 100 valence electrons. The van der Waals surface area contributed by atoms with Gasteiger partial charge < -0.3 is 16.8 Å². The normalized spacial score (nSPS) is 10.4. The van der Waals surface area contributed by atoms with Crippen LogP contribution in [-0.4, -0.2) is 26.5 Å². The fourth-order valence-corrected chi connectivity index (χ4v) is 2.07. The highest BCUT2D eigenvalue weighted by Gasteiger charge is 2.05. The fraction of sp³-hybridized carbons (Fsp3) is 0.273. The number of rotatable bonds is 5. The second-order valence-electron chi connectivity index (χ2n) is 3.75. The summed E-state index contributed by atoms with van der Waals surface area (Å²) < 4.78 is 0. The summed E-state index contributed by atoms with van der Waals surface area (Å²) in [6, 6.07) is 3.29. The van der Waals surface area contributed by atoms with Crippen molar-refractivity contribution in [2.45, 2.75) is 23.5 Å². The average molecular weight is 277 g/mol. The van der Waals surface area contributed by atoms with Gasteiger partial charge in [-0.1, -0.05) is 6.92 Å². The number of nitrogens with two attached hydrogens (primary N) is 2. The summed E-state index contributed by atoms with van der Waals surface area (Å²) in [4.78, 5) is 16.7. The van der Waals surface area contributed by atoms with E-state index in [1.54, 1.807) is 12.3 Å². The molecule has 0 fully saturated rings. The zero-order valence-electron chi connectivity index (χ0n) is 10.5. The predicted octanol–water partition coefficient (Wildman–Crippen LogP) is 1.40. The summed E-state index contributed by atoms with van der Waals surface area (Å²) in [5, 5.41) is 4.32. The highest BCUT2D eigenvalue weighted by molar-refractivity contribution is 7.99. The van der Waals surface area contributed by atoms with Gasteiger partial charge in [0, 0.05) is 18.8 Å². The molecule has 0 aliphatic heterocycles. The van der Waals surface area contributed by atoms with Crippen molar-refractivity contribution in [1.29, 1.82) is 0 Å². The lowest BCUT2D eigenvalue weighted by atomic mass is 10.5. The van der Waals surface area contributed by atoms with Crippen molar-refractivity contribution in [3.05, 3.63) is 18.3 Å². The Bertz CT molecular complexity index is 540. The molecule has 0 aromatic carbocycles. The van der Waals surface area contributed by atoms with Crippen LogP contribution in [0.25, 0.3) is 0 Å². The molecule has 2 aromatic heterocycles. The Morgan fingerprint density at radius 1 is 1.21 bits per heavy atom. The van der Waals surface area contributed by atoms with Crippen LogP contribution < -0.4 is 16.8 Å². The summed E-state index contributed by atoms with van der Waals surface area (Å²) in [6.45, 7) is 2.91. The molecule has 7 nitrogen and oxygen atoms in total. The average Bonchev–Trinajstić information content (AvgIpc) is 2.35. The van der Waals surface area contributed by atoms with Crippen LogP contribution in [0, 0.1) is 0 Å². The van der Waals surface area contributed by atoms with E-state index in [1.807, 2.05) is 0 Å². The number of hydrogen-bond donors (Lipinski definition) is 3. The molecule has 0 amide bonds. The number of aromatic nitrogens is 4. The topological polar surface area (TPSA) is 116 Å². The van der Waals surface area contributed by atoms with E-state index in [0.717, 1.165) is 18.0 Å². The first-order valence-electron chi connectivity index (χ1n) is 5.82. The van der Waals surface area contributed by atoms with Gasteiger partial charge in [-0.3, -0.25) is 0 Å². The quantitative estimate of drug-likeness (QED) is 0.555. The molecule has 0 spiro atoms. The molecule has 19 heavy (non-hydrogen) atoms. The first-order chi connectivity index (χ1) is 9.17. The number of nitrogens with one attached hydrogen (secondary N) is 1. The molecule has 0 saturated heterocycles. The van der Waals surface area contributed by atoms with Gasteiger partial charge in [0.05, 0.1) is 0 Å². The summed E-state index contributed by atoms with van der Waals surface area (Å²) >= 11 is 1.29. The summed E-state index contributed by atoms with van der Waals surface area (Å²) in [5.74, 6) is 1.27. The second-order valence-corrected chi connectivity index (χ2v) is 4.74. The Hall–Kier alpha value is -2.09. The van der Waals surface area contributed by atoms with Gasteiger partial charge in [-0.25, -0.2) is 19.9 Å². The Morgan fingerprint density at radius 3 is 2.63 bits per heavy atom. The van der Waals surface area contributed by atoms with Gasteiger partial charge in [0.25, 0.3) is 0 Å². The van der Waals surface area contributed by atoms with Crippen molar-refractivity contribution in [2.24, 2.45) is 0 Å². The number of nitrogen functional groups attached to an aromatic ring is 2. The Balaban J connectivity index is 2.13. The Labute approximate surface area is 115 Å². The zero-order chi connectivity index (χ0) is 13.7. The van der Waals surface area contributed by atoms with Crippen LogP contribution in [0.2, 0.25) is 0 Å². The molecule has 0 aliphatic rings. The van der Waals surface area contributed by atoms with E-state index in [0.29, 0.717) is 22.7 Å². The van der Waals surface area contributed by atoms with Gasteiger partial charge in [-0.05, 0) is 24.2 Å². The molecule has 8 heteroatoms. The molecule has 0 bridgehead atoms. The van der Waals surface area contributed by atoms with E-state index in [4.69, 9.17) is 11.5 Å². The minimum Gasteiger partial charge on any atom is -0.383 e. The van der Waals surface area contributed by atoms with Gasteiger partial charge >= 0.3 is 0 Å². The van der Waals surface area contributed by atoms with E-state index in [1.165, 1.54) is 17.8 Å². The van der Waals surface area contributed by atoms with Gasteiger partial charge in [0.1, 0.15) is 16.7 Å². The van der Waals surface area contributed by atoms with Crippen LogP contribution in [0.1, 0.15) is 13.3 Å². The molecule has 0 aliphatic carbocycles. The maximum absolute atomic E-state index is 5.62. The largest absolute Gasteiger partial charge is 0.383 e. The van der Waals surface area contributed by atoms with Crippen LogP contribution in [0.3, 0.4) is 0 Å². The minimum absolute atomic E-state index is 0.341. The van der Waals surface area contributed by atoms with Crippen molar-refractivity contribution in [3.8, 4) is 0 Å². The van der Waals surface area contributed by atoms with Crippen LogP contribution in [-0.2, 0) is 0 Å². The van der Waals surface area contributed by atoms with Gasteiger partial charge in [-0.2, -0.15) is 0 Å². The van der Waals surface area contributed by atoms with Crippen molar-refractivity contribution >= 4 is 29.3 Å². The van der Waals surface area contributed by atoms with E-state index in [2.05, 4.69) is 32.2 Å². The molecule has 5 N–H and O–H groups in total. The number of nitrogens with zero attached hydrogens (tertiary/aromatic N) is 4. The predicted molar refractivity (Wildman–Crippen MR) is 75.8 cm³/mol. The van der Waals surface area contributed by atoms with Crippen molar-refractivity contribution in [1.82, 2.24) is 19.9 Å². The molecule has 2 heterocycles. The maximum atomic E-state index is 5.62. The van der Waals surface area contributed by atoms with Crippen LogP contribution in [0.5, 0.6) is 0 Å². The highest BCUT2D eigenvalue weighted by atomic mass is 32.2. The third-order valence-electron chi connectivity index (χ3n) is 2.10. The third kappa shape index (κ3) is 3.95. The Kier molecular flexibility index (Phi) is 4.35. The monoisotopic (exact) mass is 277 g/mol. The molecule has 0 radical (unpaired) electrons. The molecule has 2 rings (SSSR count). The molecular formula is C11H15N7S.